The van der Waals surface area contributed by atoms with E-state index >= 15 is 0 Å². The molecule has 0 radical (unpaired) electrons. The van der Waals surface area contributed by atoms with Crippen LogP contribution in [0.1, 0.15) is 38.1 Å². The first-order valence-corrected chi connectivity index (χ1v) is 10.8. The Morgan fingerprint density at radius 1 is 1.13 bits per heavy atom. The fourth-order valence-corrected chi connectivity index (χ4v) is 3.46. The average molecular weight is 406 g/mol. The van der Waals surface area contributed by atoms with Crippen molar-refractivity contribution >= 4 is 16.9 Å². The molecule has 2 aromatic carbocycles. The van der Waals surface area contributed by atoms with Crippen LogP contribution in [0.25, 0.3) is 11.0 Å². The molecule has 0 aliphatic carbocycles. The molecule has 0 saturated heterocycles. The Labute approximate surface area is 178 Å². The molecule has 0 fully saturated rings. The first kappa shape index (κ1) is 21.6. The van der Waals surface area contributed by atoms with Crippen molar-refractivity contribution in [3.8, 4) is 5.75 Å². The molecular formula is C25H31N3O2. The number of hydrogen-bond donors (Lipinski definition) is 1. The summed E-state index contributed by atoms with van der Waals surface area (Å²) in [6, 6.07) is 16.5. The molecule has 0 spiro atoms. The number of benzene rings is 2. The van der Waals surface area contributed by atoms with E-state index in [0.717, 1.165) is 48.4 Å². The second kappa shape index (κ2) is 11.2. The Morgan fingerprint density at radius 2 is 1.93 bits per heavy atom. The van der Waals surface area contributed by atoms with Crippen LogP contribution in [-0.4, -0.2) is 28.6 Å². The summed E-state index contributed by atoms with van der Waals surface area (Å²) in [5, 5.41) is 2.91. The van der Waals surface area contributed by atoms with Crippen molar-refractivity contribution in [1.29, 1.82) is 0 Å². The standard InChI is InChI=1S/C25H31N3O2/c1-3-9-25(29)26-17-16-24-27-22-10-5-6-11-23(22)28(24)18-7-8-19-30-21-14-12-20(4-2)13-15-21/h3,5-6,9-15H,4,7-8,16-19H2,1-2H3,(H,26,29)/b9-3+. The normalized spacial score (nSPS) is 11.3. The molecule has 3 rings (SSSR count). The lowest BCUT2D eigenvalue weighted by molar-refractivity contribution is -0.116. The smallest absolute Gasteiger partial charge is 0.243 e. The maximum atomic E-state index is 11.6. The van der Waals surface area contributed by atoms with E-state index in [4.69, 9.17) is 9.72 Å². The highest BCUT2D eigenvalue weighted by Crippen LogP contribution is 2.18. The zero-order chi connectivity index (χ0) is 21.2. The number of carbonyl (C=O) groups is 1. The number of hydrogen-bond acceptors (Lipinski definition) is 3. The number of carbonyl (C=O) groups excluding carboxylic acids is 1. The van der Waals surface area contributed by atoms with Crippen LogP contribution in [0.3, 0.4) is 0 Å². The first-order chi connectivity index (χ1) is 14.7. The summed E-state index contributed by atoms with van der Waals surface area (Å²) in [6.45, 7) is 6.15. The third-order valence-electron chi connectivity index (χ3n) is 5.08. The third-order valence-corrected chi connectivity index (χ3v) is 5.08. The van der Waals surface area contributed by atoms with Crippen LogP contribution in [0.4, 0.5) is 0 Å². The molecule has 0 saturated carbocycles. The lowest BCUT2D eigenvalue weighted by Crippen LogP contribution is -2.24. The van der Waals surface area contributed by atoms with Crippen LogP contribution >= 0.6 is 0 Å². The predicted octanol–water partition coefficient (Wildman–Crippen LogP) is 4.69. The van der Waals surface area contributed by atoms with Gasteiger partial charge in [-0.2, -0.15) is 0 Å². The molecule has 1 aromatic heterocycles. The minimum absolute atomic E-state index is 0.0655. The summed E-state index contributed by atoms with van der Waals surface area (Å²) < 4.78 is 8.15. The van der Waals surface area contributed by atoms with Crippen LogP contribution < -0.4 is 10.1 Å². The quantitative estimate of drug-likeness (QED) is 0.372. The Kier molecular flexibility index (Phi) is 8.07. The van der Waals surface area contributed by atoms with Gasteiger partial charge in [0.05, 0.1) is 17.6 Å². The lowest BCUT2D eigenvalue weighted by atomic mass is 10.2. The first-order valence-electron chi connectivity index (χ1n) is 10.8. The van der Waals surface area contributed by atoms with Crippen LogP contribution in [0.15, 0.2) is 60.7 Å². The van der Waals surface area contributed by atoms with E-state index in [1.807, 2.05) is 37.3 Å². The Balaban J connectivity index is 1.53. The van der Waals surface area contributed by atoms with Gasteiger partial charge in [0.2, 0.25) is 5.91 Å². The summed E-state index contributed by atoms with van der Waals surface area (Å²) in [5.74, 6) is 1.87. The van der Waals surface area contributed by atoms with Gasteiger partial charge in [-0.3, -0.25) is 4.79 Å². The summed E-state index contributed by atoms with van der Waals surface area (Å²) in [5.41, 5.74) is 3.46. The van der Waals surface area contributed by atoms with E-state index in [9.17, 15) is 4.79 Å². The molecule has 5 heteroatoms. The average Bonchev–Trinajstić information content (AvgIpc) is 3.11. The number of amides is 1. The molecule has 0 aliphatic heterocycles. The molecular weight excluding hydrogens is 374 g/mol. The van der Waals surface area contributed by atoms with Gasteiger partial charge in [0.1, 0.15) is 11.6 Å². The molecule has 30 heavy (non-hydrogen) atoms. The number of allylic oxidation sites excluding steroid dienone is 1. The molecule has 0 aliphatic rings. The van der Waals surface area contributed by atoms with Gasteiger partial charge in [-0.05, 0) is 62.1 Å². The minimum atomic E-state index is -0.0655. The van der Waals surface area contributed by atoms with Crippen molar-refractivity contribution in [2.75, 3.05) is 13.2 Å². The lowest BCUT2D eigenvalue weighted by Gasteiger charge is -2.11. The maximum absolute atomic E-state index is 11.6. The second-order valence-electron chi connectivity index (χ2n) is 7.26. The van der Waals surface area contributed by atoms with Crippen molar-refractivity contribution in [3.05, 3.63) is 72.1 Å². The van der Waals surface area contributed by atoms with E-state index < -0.39 is 0 Å². The number of nitrogens with one attached hydrogen (secondary N) is 1. The van der Waals surface area contributed by atoms with E-state index in [1.54, 1.807) is 12.2 Å². The Bertz CT molecular complexity index is 974. The molecule has 1 heterocycles. The monoisotopic (exact) mass is 405 g/mol. The number of nitrogens with zero attached hydrogens (tertiary/aromatic N) is 2. The summed E-state index contributed by atoms with van der Waals surface area (Å²) in [6.07, 6.45) is 7.01. The van der Waals surface area contributed by atoms with E-state index in [1.165, 1.54) is 5.56 Å². The maximum Gasteiger partial charge on any atom is 0.243 e. The highest BCUT2D eigenvalue weighted by atomic mass is 16.5. The molecule has 0 atom stereocenters. The highest BCUT2D eigenvalue weighted by Gasteiger charge is 2.10. The Morgan fingerprint density at radius 3 is 2.70 bits per heavy atom. The minimum Gasteiger partial charge on any atom is -0.494 e. The topological polar surface area (TPSA) is 56.2 Å². The van der Waals surface area contributed by atoms with Gasteiger partial charge in [-0.1, -0.05) is 37.3 Å². The SMILES string of the molecule is C/C=C/C(=O)NCCc1nc2ccccc2n1CCCCOc1ccc(CC)cc1. The van der Waals surface area contributed by atoms with Crippen molar-refractivity contribution < 1.29 is 9.53 Å². The summed E-state index contributed by atoms with van der Waals surface area (Å²) in [7, 11) is 0. The summed E-state index contributed by atoms with van der Waals surface area (Å²) in [4.78, 5) is 16.4. The molecule has 3 aromatic rings. The van der Waals surface area contributed by atoms with Crippen molar-refractivity contribution in [3.63, 3.8) is 0 Å². The zero-order valence-corrected chi connectivity index (χ0v) is 17.9. The molecule has 1 amide bonds. The molecule has 1 N–H and O–H groups in total. The van der Waals surface area contributed by atoms with E-state index in [2.05, 4.69) is 35.0 Å². The zero-order valence-electron chi connectivity index (χ0n) is 17.9. The number of aromatic nitrogens is 2. The number of para-hydroxylation sites is 2. The van der Waals surface area contributed by atoms with Crippen LogP contribution in [0, 0.1) is 0 Å². The fraction of sp³-hybridized carbons (Fsp3) is 0.360. The number of aryl methyl sites for hydroxylation is 2. The Hall–Kier alpha value is -3.08. The molecule has 158 valence electrons. The van der Waals surface area contributed by atoms with Gasteiger partial charge in [0, 0.05) is 19.5 Å². The van der Waals surface area contributed by atoms with Gasteiger partial charge >= 0.3 is 0 Å². The number of ether oxygens (including phenoxy) is 1. The van der Waals surface area contributed by atoms with E-state index in [-0.39, 0.29) is 5.91 Å². The van der Waals surface area contributed by atoms with Crippen molar-refractivity contribution in [2.24, 2.45) is 0 Å². The predicted molar refractivity (Wildman–Crippen MR) is 122 cm³/mol. The summed E-state index contributed by atoms with van der Waals surface area (Å²) >= 11 is 0. The third kappa shape index (κ3) is 5.96. The fourth-order valence-electron chi connectivity index (χ4n) is 3.46. The number of fused-ring (bicyclic) bond motifs is 1. The van der Waals surface area contributed by atoms with Gasteiger partial charge in [0.15, 0.2) is 0 Å². The number of imidazole rings is 1. The van der Waals surface area contributed by atoms with Gasteiger partial charge in [-0.15, -0.1) is 0 Å². The van der Waals surface area contributed by atoms with Gasteiger partial charge in [0.25, 0.3) is 0 Å². The highest BCUT2D eigenvalue weighted by molar-refractivity contribution is 5.87. The van der Waals surface area contributed by atoms with Crippen molar-refractivity contribution in [1.82, 2.24) is 14.9 Å². The van der Waals surface area contributed by atoms with Crippen molar-refractivity contribution in [2.45, 2.75) is 46.1 Å². The van der Waals surface area contributed by atoms with Crippen LogP contribution in [0.5, 0.6) is 5.75 Å². The molecule has 5 nitrogen and oxygen atoms in total. The molecule has 0 unspecified atom stereocenters. The second-order valence-corrected chi connectivity index (χ2v) is 7.26. The largest absolute Gasteiger partial charge is 0.494 e. The number of rotatable bonds is 11. The van der Waals surface area contributed by atoms with Gasteiger partial charge in [-0.25, -0.2) is 4.98 Å². The van der Waals surface area contributed by atoms with Crippen LogP contribution in [-0.2, 0) is 24.2 Å². The molecule has 0 bridgehead atoms. The van der Waals surface area contributed by atoms with Crippen LogP contribution in [0.2, 0.25) is 0 Å². The van der Waals surface area contributed by atoms with Gasteiger partial charge < -0.3 is 14.6 Å². The van der Waals surface area contributed by atoms with E-state index in [0.29, 0.717) is 19.6 Å². The number of unbranched alkanes of at least 4 members (excludes halogenated alkanes) is 1.